The Bertz CT molecular complexity index is 419. The minimum absolute atomic E-state index is 0.748. The topological polar surface area (TPSA) is 46.2 Å². The van der Waals surface area contributed by atoms with Crippen LogP contribution < -0.4 is 5.32 Å². The minimum atomic E-state index is 0.748. The zero-order chi connectivity index (χ0) is 22.2. The molecule has 0 aromatic rings. The third-order valence-electron chi connectivity index (χ3n) is 7.17. The van der Waals surface area contributed by atoms with E-state index < -0.39 is 0 Å². The van der Waals surface area contributed by atoms with Gasteiger partial charge in [0.2, 0.25) is 0 Å². The van der Waals surface area contributed by atoms with Crippen molar-refractivity contribution in [1.82, 2.24) is 15.1 Å². The zero-order valence-electron chi connectivity index (χ0n) is 20.8. The van der Waals surface area contributed by atoms with E-state index in [2.05, 4.69) is 29.0 Å². The van der Waals surface area contributed by atoms with Gasteiger partial charge in [0.1, 0.15) is 0 Å². The molecule has 0 unspecified atom stereocenters. The average Bonchev–Trinajstić information content (AvgIpc) is 3.19. The van der Waals surface area contributed by atoms with Gasteiger partial charge in [-0.05, 0) is 76.4 Å². The van der Waals surface area contributed by atoms with Crippen LogP contribution in [0.1, 0.15) is 58.8 Å². The van der Waals surface area contributed by atoms with Crippen molar-refractivity contribution in [3.63, 3.8) is 0 Å². The first-order valence-electron chi connectivity index (χ1n) is 13.1. The van der Waals surface area contributed by atoms with Gasteiger partial charge in [0.15, 0.2) is 0 Å². The van der Waals surface area contributed by atoms with Gasteiger partial charge in [-0.15, -0.1) is 0 Å². The van der Waals surface area contributed by atoms with Gasteiger partial charge >= 0.3 is 0 Å². The predicted octanol–water partition coefficient (Wildman–Crippen LogP) is 3.26. The molecule has 0 amide bonds. The van der Waals surface area contributed by atoms with Gasteiger partial charge in [-0.3, -0.25) is 4.90 Å². The lowest BCUT2D eigenvalue weighted by Gasteiger charge is -2.31. The number of ether oxygens (including phenoxy) is 3. The number of rotatable bonds is 18. The van der Waals surface area contributed by atoms with Crippen molar-refractivity contribution < 1.29 is 14.2 Å². The molecular weight excluding hydrogens is 390 g/mol. The van der Waals surface area contributed by atoms with E-state index >= 15 is 0 Å². The third-order valence-corrected chi connectivity index (χ3v) is 7.17. The summed E-state index contributed by atoms with van der Waals surface area (Å²) in [5.41, 5.74) is 0. The summed E-state index contributed by atoms with van der Waals surface area (Å²) in [6.45, 7) is 16.8. The Kier molecular flexibility index (Phi) is 15.0. The van der Waals surface area contributed by atoms with Crippen molar-refractivity contribution in [2.24, 2.45) is 11.8 Å². The highest BCUT2D eigenvalue weighted by Crippen LogP contribution is 2.28. The summed E-state index contributed by atoms with van der Waals surface area (Å²) in [4.78, 5) is 5.20. The summed E-state index contributed by atoms with van der Waals surface area (Å²) in [7, 11) is 1.79. The first-order chi connectivity index (χ1) is 15.3. The Morgan fingerprint density at radius 3 is 2.42 bits per heavy atom. The predicted molar refractivity (Wildman–Crippen MR) is 129 cm³/mol. The van der Waals surface area contributed by atoms with Crippen molar-refractivity contribution in [3.8, 4) is 0 Å². The lowest BCUT2D eigenvalue weighted by Crippen LogP contribution is -2.36. The molecule has 2 heterocycles. The normalized spacial score (nSPS) is 23.7. The van der Waals surface area contributed by atoms with Crippen LogP contribution in [0.4, 0.5) is 0 Å². The van der Waals surface area contributed by atoms with Crippen LogP contribution in [-0.2, 0) is 14.2 Å². The molecule has 0 saturated carbocycles. The van der Waals surface area contributed by atoms with E-state index in [9.17, 15) is 0 Å². The number of hydrogen-bond donors (Lipinski definition) is 1. The Morgan fingerprint density at radius 1 is 0.871 bits per heavy atom. The van der Waals surface area contributed by atoms with Crippen LogP contribution in [0.3, 0.4) is 0 Å². The fourth-order valence-corrected chi connectivity index (χ4v) is 5.15. The Morgan fingerprint density at radius 2 is 1.68 bits per heavy atom. The molecule has 0 aromatic carbocycles. The molecule has 2 aliphatic rings. The van der Waals surface area contributed by atoms with Crippen molar-refractivity contribution in [2.45, 2.75) is 64.8 Å². The van der Waals surface area contributed by atoms with Crippen LogP contribution in [0.25, 0.3) is 0 Å². The fraction of sp³-hybridized carbons (Fsp3) is 1.00. The Balaban J connectivity index is 1.45. The number of nitrogens with zero attached hydrogens (tertiary/aromatic N) is 2. The van der Waals surface area contributed by atoms with Gasteiger partial charge in [0.05, 0.1) is 19.8 Å². The van der Waals surface area contributed by atoms with Crippen LogP contribution in [0.15, 0.2) is 0 Å². The molecule has 31 heavy (non-hydrogen) atoms. The van der Waals surface area contributed by atoms with Gasteiger partial charge in [0.25, 0.3) is 0 Å². The van der Waals surface area contributed by atoms with Crippen LogP contribution >= 0.6 is 0 Å². The first-order valence-corrected chi connectivity index (χ1v) is 13.1. The number of hydrogen-bond acceptors (Lipinski definition) is 6. The zero-order valence-corrected chi connectivity index (χ0v) is 20.8. The van der Waals surface area contributed by atoms with Crippen LogP contribution in [0.2, 0.25) is 0 Å². The standard InChI is InChI=1S/C25H51N3O3/c1-4-25-21-24(22-28(25)15-20-31-18-11-26-5-2)7-6-16-30-17-10-23-8-12-27(13-9-23)14-19-29-3/h23-26H,4-22H2,1-3H3/t24-,25+/m0/s1. The van der Waals surface area contributed by atoms with E-state index in [-0.39, 0.29) is 0 Å². The molecule has 2 rings (SSSR count). The van der Waals surface area contributed by atoms with Gasteiger partial charge in [0, 0.05) is 52.5 Å². The fourth-order valence-electron chi connectivity index (χ4n) is 5.15. The third kappa shape index (κ3) is 11.4. The van der Waals surface area contributed by atoms with Crippen LogP contribution in [-0.4, -0.2) is 102 Å². The maximum atomic E-state index is 6.01. The second-order valence-electron chi connectivity index (χ2n) is 9.45. The van der Waals surface area contributed by atoms with E-state index in [4.69, 9.17) is 14.2 Å². The molecule has 0 bridgehead atoms. The molecule has 0 aromatic heterocycles. The molecule has 0 radical (unpaired) electrons. The number of methoxy groups -OCH3 is 1. The quantitative estimate of drug-likeness (QED) is 0.330. The minimum Gasteiger partial charge on any atom is -0.383 e. The second-order valence-corrected chi connectivity index (χ2v) is 9.45. The van der Waals surface area contributed by atoms with Gasteiger partial charge in [-0.25, -0.2) is 0 Å². The smallest absolute Gasteiger partial charge is 0.0594 e. The molecule has 2 aliphatic heterocycles. The number of likely N-dealkylation sites (tertiary alicyclic amines) is 2. The molecule has 6 heteroatoms. The summed E-state index contributed by atoms with van der Waals surface area (Å²) in [5, 5.41) is 3.31. The molecule has 1 N–H and O–H groups in total. The maximum Gasteiger partial charge on any atom is 0.0594 e. The number of piperidine rings is 1. The largest absolute Gasteiger partial charge is 0.383 e. The van der Waals surface area contributed by atoms with Crippen molar-refractivity contribution in [1.29, 1.82) is 0 Å². The molecule has 2 saturated heterocycles. The highest BCUT2D eigenvalue weighted by molar-refractivity contribution is 4.84. The van der Waals surface area contributed by atoms with Crippen LogP contribution in [0.5, 0.6) is 0 Å². The van der Waals surface area contributed by atoms with Gasteiger partial charge in [-0.2, -0.15) is 0 Å². The van der Waals surface area contributed by atoms with Gasteiger partial charge in [-0.1, -0.05) is 13.8 Å². The van der Waals surface area contributed by atoms with Crippen LogP contribution in [0, 0.1) is 11.8 Å². The van der Waals surface area contributed by atoms with Gasteiger partial charge < -0.3 is 24.4 Å². The number of nitrogens with one attached hydrogen (secondary N) is 1. The van der Waals surface area contributed by atoms with E-state index in [1.807, 2.05) is 0 Å². The molecule has 184 valence electrons. The summed E-state index contributed by atoms with van der Waals surface area (Å²) < 4.78 is 17.0. The van der Waals surface area contributed by atoms with E-state index in [1.165, 1.54) is 64.6 Å². The Labute approximate surface area is 192 Å². The molecule has 2 fully saturated rings. The monoisotopic (exact) mass is 441 g/mol. The van der Waals surface area contributed by atoms with Crippen molar-refractivity contribution >= 4 is 0 Å². The lowest BCUT2D eigenvalue weighted by atomic mass is 9.94. The number of likely N-dealkylation sites (N-methyl/N-ethyl adjacent to an activating group) is 1. The lowest BCUT2D eigenvalue weighted by molar-refractivity contribution is 0.0867. The second kappa shape index (κ2) is 17.3. The Hall–Kier alpha value is -0.240. The van der Waals surface area contributed by atoms with Crippen molar-refractivity contribution in [2.75, 3.05) is 86.0 Å². The first kappa shape index (κ1) is 27.0. The van der Waals surface area contributed by atoms with Crippen molar-refractivity contribution in [3.05, 3.63) is 0 Å². The SMILES string of the molecule is CCNCCOCCN1C[C@@H](CCCOCCC2CCN(CCOC)CC2)C[C@H]1CC. The van der Waals surface area contributed by atoms with E-state index in [0.29, 0.717) is 0 Å². The molecular formula is C25H51N3O3. The highest BCUT2D eigenvalue weighted by Gasteiger charge is 2.30. The van der Waals surface area contributed by atoms with E-state index in [0.717, 1.165) is 77.1 Å². The molecule has 0 aliphatic carbocycles. The highest BCUT2D eigenvalue weighted by atomic mass is 16.5. The average molecular weight is 442 g/mol. The summed E-state index contributed by atoms with van der Waals surface area (Å²) in [6.07, 6.45) is 9.02. The maximum absolute atomic E-state index is 6.01. The van der Waals surface area contributed by atoms with E-state index in [1.54, 1.807) is 7.11 Å². The molecule has 2 atom stereocenters. The summed E-state index contributed by atoms with van der Waals surface area (Å²) in [6, 6.07) is 0.748. The molecule has 6 nitrogen and oxygen atoms in total. The molecule has 0 spiro atoms. The summed E-state index contributed by atoms with van der Waals surface area (Å²) in [5.74, 6) is 1.69. The summed E-state index contributed by atoms with van der Waals surface area (Å²) >= 11 is 0.